The molecular weight excluding hydrogens is 274 g/mol. The van der Waals surface area contributed by atoms with Gasteiger partial charge in [0.1, 0.15) is 10.7 Å². The third-order valence-corrected chi connectivity index (χ3v) is 4.85. The standard InChI is InChI=1S/C11H16ClN3O2S/c1-7(8-3-4-8)15-18(16,17)9-5-10(12)11(13-2)14-6-9/h5-8,15H,3-4H2,1-2H3,(H,13,14). The zero-order valence-corrected chi connectivity index (χ0v) is 11.8. The first-order chi connectivity index (χ1) is 8.44. The van der Waals surface area contributed by atoms with Crippen LogP contribution in [-0.4, -0.2) is 26.5 Å². The molecule has 0 aliphatic heterocycles. The quantitative estimate of drug-likeness (QED) is 0.868. The summed E-state index contributed by atoms with van der Waals surface area (Å²) in [6.07, 6.45) is 3.47. The maximum Gasteiger partial charge on any atom is 0.242 e. The first-order valence-corrected chi connectivity index (χ1v) is 7.66. The zero-order valence-electron chi connectivity index (χ0n) is 10.3. The molecule has 2 N–H and O–H groups in total. The number of sulfonamides is 1. The van der Waals surface area contributed by atoms with Crippen LogP contribution in [0.5, 0.6) is 0 Å². The largest absolute Gasteiger partial charge is 0.372 e. The smallest absolute Gasteiger partial charge is 0.242 e. The van der Waals surface area contributed by atoms with Crippen LogP contribution in [0.3, 0.4) is 0 Å². The molecular formula is C11H16ClN3O2S. The van der Waals surface area contributed by atoms with Crippen LogP contribution in [0.15, 0.2) is 17.2 Å². The van der Waals surface area contributed by atoms with Crippen molar-refractivity contribution in [1.29, 1.82) is 0 Å². The molecule has 1 saturated carbocycles. The number of hydrogen-bond donors (Lipinski definition) is 2. The lowest BCUT2D eigenvalue weighted by atomic mass is 10.2. The Bertz CT molecular complexity index is 543. The van der Waals surface area contributed by atoms with Crippen molar-refractivity contribution in [2.45, 2.75) is 30.7 Å². The van der Waals surface area contributed by atoms with Gasteiger partial charge in [0.05, 0.1) is 5.02 Å². The number of aromatic nitrogens is 1. The monoisotopic (exact) mass is 289 g/mol. The molecule has 1 aromatic rings. The minimum absolute atomic E-state index is 0.0437. The Hall–Kier alpha value is -0.850. The van der Waals surface area contributed by atoms with Gasteiger partial charge in [-0.3, -0.25) is 0 Å². The lowest BCUT2D eigenvalue weighted by molar-refractivity contribution is 0.538. The van der Waals surface area contributed by atoms with Crippen LogP contribution < -0.4 is 10.0 Å². The minimum atomic E-state index is -3.54. The van der Waals surface area contributed by atoms with E-state index in [4.69, 9.17) is 11.6 Å². The van der Waals surface area contributed by atoms with Crippen LogP contribution in [0.2, 0.25) is 5.02 Å². The molecule has 1 aromatic heterocycles. The highest BCUT2D eigenvalue weighted by Gasteiger charge is 2.31. The summed E-state index contributed by atoms with van der Waals surface area (Å²) in [6.45, 7) is 1.88. The lowest BCUT2D eigenvalue weighted by Gasteiger charge is -2.13. The number of anilines is 1. The molecule has 7 heteroatoms. The van der Waals surface area contributed by atoms with Crippen LogP contribution >= 0.6 is 11.6 Å². The zero-order chi connectivity index (χ0) is 13.3. The molecule has 1 fully saturated rings. The average Bonchev–Trinajstić information content (AvgIpc) is 3.12. The number of rotatable bonds is 5. The van der Waals surface area contributed by atoms with E-state index >= 15 is 0 Å². The van der Waals surface area contributed by atoms with Gasteiger partial charge < -0.3 is 5.32 Å². The highest BCUT2D eigenvalue weighted by molar-refractivity contribution is 7.89. The maximum absolute atomic E-state index is 12.1. The van der Waals surface area contributed by atoms with E-state index in [1.54, 1.807) is 7.05 Å². The molecule has 1 unspecified atom stereocenters. The molecule has 0 saturated heterocycles. The number of nitrogens with one attached hydrogen (secondary N) is 2. The van der Waals surface area contributed by atoms with Gasteiger partial charge in [0.2, 0.25) is 10.0 Å². The van der Waals surface area contributed by atoms with Crippen LogP contribution in [0.25, 0.3) is 0 Å². The molecule has 5 nitrogen and oxygen atoms in total. The summed E-state index contributed by atoms with van der Waals surface area (Å²) in [6, 6.07) is 1.36. The summed E-state index contributed by atoms with van der Waals surface area (Å²) < 4.78 is 26.8. The second-order valence-electron chi connectivity index (χ2n) is 4.50. The Morgan fingerprint density at radius 2 is 2.17 bits per heavy atom. The van der Waals surface area contributed by atoms with E-state index in [-0.39, 0.29) is 10.9 Å². The Balaban J connectivity index is 2.20. The number of hydrogen-bond acceptors (Lipinski definition) is 4. The topological polar surface area (TPSA) is 71.1 Å². The molecule has 0 spiro atoms. The molecule has 1 aliphatic carbocycles. The van der Waals surface area contributed by atoms with Crippen molar-refractivity contribution in [1.82, 2.24) is 9.71 Å². The summed E-state index contributed by atoms with van der Waals surface area (Å²) in [5, 5.41) is 3.08. The van der Waals surface area contributed by atoms with Crippen molar-refractivity contribution >= 4 is 27.4 Å². The fraction of sp³-hybridized carbons (Fsp3) is 0.545. The van der Waals surface area contributed by atoms with E-state index in [9.17, 15) is 8.42 Å². The third-order valence-electron chi connectivity index (χ3n) is 3.03. The van der Waals surface area contributed by atoms with Crippen molar-refractivity contribution in [3.8, 4) is 0 Å². The Morgan fingerprint density at radius 1 is 1.50 bits per heavy atom. The Labute approximate surface area is 112 Å². The van der Waals surface area contributed by atoms with E-state index in [1.807, 2.05) is 6.92 Å². The minimum Gasteiger partial charge on any atom is -0.372 e. The molecule has 100 valence electrons. The van der Waals surface area contributed by atoms with Crippen molar-refractivity contribution in [3.63, 3.8) is 0 Å². The summed E-state index contributed by atoms with van der Waals surface area (Å²) in [4.78, 5) is 4.06. The number of pyridine rings is 1. The van der Waals surface area contributed by atoms with Gasteiger partial charge in [-0.25, -0.2) is 18.1 Å². The molecule has 1 atom stereocenters. The van der Waals surface area contributed by atoms with Crippen molar-refractivity contribution in [3.05, 3.63) is 17.3 Å². The predicted molar refractivity (Wildman–Crippen MR) is 71.3 cm³/mol. The third kappa shape index (κ3) is 2.93. The second kappa shape index (κ2) is 5.03. The van der Waals surface area contributed by atoms with Gasteiger partial charge >= 0.3 is 0 Å². The molecule has 1 aliphatic rings. The van der Waals surface area contributed by atoms with Gasteiger partial charge in [0, 0.05) is 19.3 Å². The second-order valence-corrected chi connectivity index (χ2v) is 6.62. The fourth-order valence-corrected chi connectivity index (χ4v) is 3.36. The number of halogens is 1. The summed E-state index contributed by atoms with van der Waals surface area (Å²) in [7, 11) is -1.86. The van der Waals surface area contributed by atoms with Crippen LogP contribution in [-0.2, 0) is 10.0 Å². The van der Waals surface area contributed by atoms with E-state index in [2.05, 4.69) is 15.0 Å². The SMILES string of the molecule is CNc1ncc(S(=O)(=O)NC(C)C2CC2)cc1Cl. The van der Waals surface area contributed by atoms with Gasteiger partial charge in [-0.1, -0.05) is 11.6 Å². The molecule has 18 heavy (non-hydrogen) atoms. The normalized spacial score (nSPS) is 17.5. The molecule has 0 bridgehead atoms. The number of nitrogens with zero attached hydrogens (tertiary/aromatic N) is 1. The van der Waals surface area contributed by atoms with Crippen LogP contribution in [0.1, 0.15) is 19.8 Å². The van der Waals surface area contributed by atoms with Crippen LogP contribution in [0.4, 0.5) is 5.82 Å². The Morgan fingerprint density at radius 3 is 2.67 bits per heavy atom. The molecule has 0 radical (unpaired) electrons. The highest BCUT2D eigenvalue weighted by atomic mass is 35.5. The highest BCUT2D eigenvalue weighted by Crippen LogP contribution is 2.33. The lowest BCUT2D eigenvalue weighted by Crippen LogP contribution is -2.34. The van der Waals surface area contributed by atoms with Gasteiger partial charge in [0.25, 0.3) is 0 Å². The Kier molecular flexibility index (Phi) is 3.79. The van der Waals surface area contributed by atoms with Crippen molar-refractivity contribution in [2.75, 3.05) is 12.4 Å². The van der Waals surface area contributed by atoms with Crippen molar-refractivity contribution in [2.24, 2.45) is 5.92 Å². The van der Waals surface area contributed by atoms with Gasteiger partial charge in [0.15, 0.2) is 0 Å². The maximum atomic E-state index is 12.1. The van der Waals surface area contributed by atoms with Gasteiger partial charge in [-0.2, -0.15) is 0 Å². The average molecular weight is 290 g/mol. The summed E-state index contributed by atoms with van der Waals surface area (Å²) in [5.74, 6) is 0.922. The molecule has 1 heterocycles. The van der Waals surface area contributed by atoms with E-state index in [0.29, 0.717) is 16.8 Å². The molecule has 0 amide bonds. The molecule has 0 aromatic carbocycles. The van der Waals surface area contributed by atoms with Gasteiger partial charge in [-0.15, -0.1) is 0 Å². The predicted octanol–water partition coefficient (Wildman–Crippen LogP) is 1.85. The fourth-order valence-electron chi connectivity index (χ4n) is 1.76. The summed E-state index contributed by atoms with van der Waals surface area (Å²) in [5.41, 5.74) is 0. The van der Waals surface area contributed by atoms with E-state index in [1.165, 1.54) is 12.3 Å². The van der Waals surface area contributed by atoms with Gasteiger partial charge in [-0.05, 0) is 31.7 Å². The molecule has 2 rings (SSSR count). The first kappa shape index (κ1) is 13.6. The van der Waals surface area contributed by atoms with Crippen LogP contribution in [0, 0.1) is 5.92 Å². The summed E-state index contributed by atoms with van der Waals surface area (Å²) >= 11 is 5.93. The van der Waals surface area contributed by atoms with Crippen molar-refractivity contribution < 1.29 is 8.42 Å². The van der Waals surface area contributed by atoms with E-state index in [0.717, 1.165) is 12.8 Å². The van der Waals surface area contributed by atoms with E-state index < -0.39 is 10.0 Å². The first-order valence-electron chi connectivity index (χ1n) is 5.79.